The Bertz CT molecular complexity index is 540. The summed E-state index contributed by atoms with van der Waals surface area (Å²) in [6, 6.07) is 10.1. The average molecular weight is 291 g/mol. The summed E-state index contributed by atoms with van der Waals surface area (Å²) in [5.74, 6) is 1.45. The van der Waals surface area contributed by atoms with Gasteiger partial charge in [-0.25, -0.2) is 0 Å². The van der Waals surface area contributed by atoms with Crippen molar-refractivity contribution in [2.75, 3.05) is 31.2 Å². The number of rotatable bonds is 4. The highest BCUT2D eigenvalue weighted by molar-refractivity contribution is 6.99. The second-order valence-corrected chi connectivity index (χ2v) is 5.19. The van der Waals surface area contributed by atoms with E-state index in [1.54, 1.807) is 0 Å². The van der Waals surface area contributed by atoms with Crippen LogP contribution < -0.4 is 9.64 Å². The normalized spacial score (nSPS) is 16.9. The molecule has 0 saturated carbocycles. The second-order valence-electron chi connectivity index (χ2n) is 4.66. The van der Waals surface area contributed by atoms with Crippen LogP contribution in [0.5, 0.6) is 5.88 Å². The molecule has 1 saturated heterocycles. The molecular formula is C14H17N3O2S. The third kappa shape index (κ3) is 2.91. The minimum Gasteiger partial charge on any atom is -0.467 e. The Morgan fingerprint density at radius 2 is 1.95 bits per heavy atom. The molecule has 20 heavy (non-hydrogen) atoms. The molecule has 0 amide bonds. The summed E-state index contributed by atoms with van der Waals surface area (Å²) in [5, 5.41) is 0. The molecule has 1 unspecified atom stereocenters. The topological polar surface area (TPSA) is 47.5 Å². The van der Waals surface area contributed by atoms with Gasteiger partial charge < -0.3 is 14.4 Å². The fourth-order valence-electron chi connectivity index (χ4n) is 2.18. The maximum atomic E-state index is 5.98. The van der Waals surface area contributed by atoms with Gasteiger partial charge in [0.2, 0.25) is 5.82 Å². The van der Waals surface area contributed by atoms with E-state index >= 15 is 0 Å². The van der Waals surface area contributed by atoms with Crippen LogP contribution in [-0.4, -0.2) is 35.1 Å². The molecule has 1 fully saturated rings. The number of ether oxygens (including phenoxy) is 2. The van der Waals surface area contributed by atoms with Crippen molar-refractivity contribution in [3.63, 3.8) is 0 Å². The van der Waals surface area contributed by atoms with Crippen LogP contribution in [0.1, 0.15) is 18.6 Å². The number of benzene rings is 1. The van der Waals surface area contributed by atoms with Gasteiger partial charge in [0.15, 0.2) is 0 Å². The highest BCUT2D eigenvalue weighted by Gasteiger charge is 2.21. The first kappa shape index (κ1) is 13.3. The van der Waals surface area contributed by atoms with Gasteiger partial charge in [-0.05, 0) is 12.5 Å². The van der Waals surface area contributed by atoms with Crippen molar-refractivity contribution < 1.29 is 9.47 Å². The summed E-state index contributed by atoms with van der Waals surface area (Å²) in [6.45, 7) is 5.15. The van der Waals surface area contributed by atoms with Gasteiger partial charge in [0.1, 0.15) is 6.10 Å². The van der Waals surface area contributed by atoms with Crippen LogP contribution in [0.4, 0.5) is 5.82 Å². The Hall–Kier alpha value is -1.66. The first-order valence-corrected chi connectivity index (χ1v) is 7.44. The lowest BCUT2D eigenvalue weighted by Gasteiger charge is -2.27. The zero-order chi connectivity index (χ0) is 13.8. The minimum atomic E-state index is -0.0418. The third-order valence-electron chi connectivity index (χ3n) is 3.31. The Balaban J connectivity index is 1.73. The molecule has 5 nitrogen and oxygen atoms in total. The molecule has 0 bridgehead atoms. The Labute approximate surface area is 122 Å². The Morgan fingerprint density at radius 1 is 1.20 bits per heavy atom. The van der Waals surface area contributed by atoms with E-state index in [0.29, 0.717) is 5.88 Å². The molecule has 1 aromatic carbocycles. The summed E-state index contributed by atoms with van der Waals surface area (Å²) in [6.07, 6.45) is -0.0418. The predicted octanol–water partition coefficient (Wildman–Crippen LogP) is 2.51. The molecular weight excluding hydrogens is 274 g/mol. The molecule has 0 N–H and O–H groups in total. The molecule has 1 atom stereocenters. The molecule has 106 valence electrons. The van der Waals surface area contributed by atoms with Crippen molar-refractivity contribution in [2.45, 2.75) is 13.0 Å². The van der Waals surface area contributed by atoms with Crippen molar-refractivity contribution >= 4 is 17.5 Å². The highest BCUT2D eigenvalue weighted by Crippen LogP contribution is 2.30. The predicted molar refractivity (Wildman–Crippen MR) is 78.4 cm³/mol. The number of nitrogens with zero attached hydrogens (tertiary/aromatic N) is 3. The Morgan fingerprint density at radius 3 is 2.70 bits per heavy atom. The van der Waals surface area contributed by atoms with Crippen molar-refractivity contribution in [3.05, 3.63) is 35.9 Å². The van der Waals surface area contributed by atoms with E-state index in [0.717, 1.165) is 37.7 Å². The van der Waals surface area contributed by atoms with E-state index in [-0.39, 0.29) is 6.10 Å². The van der Waals surface area contributed by atoms with Crippen LogP contribution in [0.2, 0.25) is 0 Å². The number of morpholine rings is 1. The van der Waals surface area contributed by atoms with Crippen molar-refractivity contribution in [1.82, 2.24) is 8.75 Å². The molecule has 6 heteroatoms. The van der Waals surface area contributed by atoms with Crippen LogP contribution in [0.3, 0.4) is 0 Å². The van der Waals surface area contributed by atoms with Crippen LogP contribution in [-0.2, 0) is 4.74 Å². The van der Waals surface area contributed by atoms with Crippen LogP contribution in [0.15, 0.2) is 30.3 Å². The van der Waals surface area contributed by atoms with Gasteiger partial charge in [-0.2, -0.15) is 4.37 Å². The number of aromatic nitrogens is 2. The smallest absolute Gasteiger partial charge is 0.271 e. The molecule has 1 aliphatic rings. The van der Waals surface area contributed by atoms with Gasteiger partial charge in [0, 0.05) is 13.1 Å². The fraction of sp³-hybridized carbons (Fsp3) is 0.429. The van der Waals surface area contributed by atoms with Crippen LogP contribution >= 0.6 is 11.7 Å². The summed E-state index contributed by atoms with van der Waals surface area (Å²) < 4.78 is 20.0. The molecule has 3 rings (SSSR count). The summed E-state index contributed by atoms with van der Waals surface area (Å²) in [4.78, 5) is 2.17. The molecule has 0 radical (unpaired) electrons. The zero-order valence-electron chi connectivity index (χ0n) is 11.4. The van der Waals surface area contributed by atoms with Gasteiger partial charge in [0.25, 0.3) is 5.88 Å². The molecule has 1 aromatic heterocycles. The van der Waals surface area contributed by atoms with E-state index in [9.17, 15) is 0 Å². The van der Waals surface area contributed by atoms with E-state index in [1.165, 1.54) is 11.7 Å². The summed E-state index contributed by atoms with van der Waals surface area (Å²) in [5.41, 5.74) is 1.13. The van der Waals surface area contributed by atoms with Gasteiger partial charge >= 0.3 is 0 Å². The van der Waals surface area contributed by atoms with Crippen molar-refractivity contribution in [2.24, 2.45) is 0 Å². The largest absolute Gasteiger partial charge is 0.467 e. The molecule has 0 aliphatic carbocycles. The van der Waals surface area contributed by atoms with Crippen molar-refractivity contribution in [3.8, 4) is 5.88 Å². The van der Waals surface area contributed by atoms with E-state index in [4.69, 9.17) is 9.47 Å². The lowest BCUT2D eigenvalue weighted by atomic mass is 10.1. The number of anilines is 1. The van der Waals surface area contributed by atoms with Gasteiger partial charge in [-0.3, -0.25) is 0 Å². The van der Waals surface area contributed by atoms with Gasteiger partial charge in [-0.15, -0.1) is 4.37 Å². The summed E-state index contributed by atoms with van der Waals surface area (Å²) >= 11 is 1.19. The third-order valence-corrected chi connectivity index (χ3v) is 3.81. The van der Waals surface area contributed by atoms with Crippen molar-refractivity contribution in [1.29, 1.82) is 0 Å². The number of hydrogen-bond donors (Lipinski definition) is 0. The molecule has 1 aliphatic heterocycles. The van der Waals surface area contributed by atoms with Crippen LogP contribution in [0, 0.1) is 0 Å². The minimum absolute atomic E-state index is 0.0418. The highest BCUT2D eigenvalue weighted by atomic mass is 32.1. The first-order chi connectivity index (χ1) is 9.84. The lowest BCUT2D eigenvalue weighted by molar-refractivity contribution is 0.121. The standard InChI is InChI=1S/C14H17N3O2S/c1-11(12-5-3-2-4-6-12)19-14-13(15-20-16-14)17-7-9-18-10-8-17/h2-6,11H,7-10H2,1H3. The first-order valence-electron chi connectivity index (χ1n) is 6.71. The fourth-order valence-corrected chi connectivity index (χ4v) is 2.69. The van der Waals surface area contributed by atoms with E-state index < -0.39 is 0 Å². The maximum absolute atomic E-state index is 5.98. The van der Waals surface area contributed by atoms with Crippen LogP contribution in [0.25, 0.3) is 0 Å². The number of hydrogen-bond acceptors (Lipinski definition) is 6. The lowest BCUT2D eigenvalue weighted by Crippen LogP contribution is -2.36. The molecule has 2 heterocycles. The van der Waals surface area contributed by atoms with Gasteiger partial charge in [-0.1, -0.05) is 30.3 Å². The second kappa shape index (κ2) is 6.19. The quantitative estimate of drug-likeness (QED) is 0.866. The van der Waals surface area contributed by atoms with Gasteiger partial charge in [0.05, 0.1) is 24.9 Å². The summed E-state index contributed by atoms with van der Waals surface area (Å²) in [7, 11) is 0. The zero-order valence-corrected chi connectivity index (χ0v) is 12.2. The Kier molecular flexibility index (Phi) is 4.13. The molecule has 0 spiro atoms. The molecule has 2 aromatic rings. The van der Waals surface area contributed by atoms with E-state index in [2.05, 4.69) is 25.8 Å². The SMILES string of the molecule is CC(Oc1nsnc1N1CCOCC1)c1ccccc1. The van der Waals surface area contributed by atoms with E-state index in [1.807, 2.05) is 25.1 Å². The monoisotopic (exact) mass is 291 g/mol. The maximum Gasteiger partial charge on any atom is 0.271 e. The average Bonchev–Trinajstić information content (AvgIpc) is 2.97.